The Hall–Kier alpha value is -2.78. The Morgan fingerprint density at radius 2 is 1.83 bits per heavy atom. The van der Waals surface area contributed by atoms with Crippen LogP contribution in [0.15, 0.2) is 35.4 Å². The Labute approximate surface area is 169 Å². The van der Waals surface area contributed by atoms with Crippen LogP contribution in [0.1, 0.15) is 12.0 Å². The van der Waals surface area contributed by atoms with Gasteiger partial charge in [0.2, 0.25) is 21.9 Å². The lowest BCUT2D eigenvalue weighted by atomic mass is 10.3. The van der Waals surface area contributed by atoms with Gasteiger partial charge in [-0.2, -0.15) is 10.2 Å². The Kier molecular flexibility index (Phi) is 8.75. The zero-order valence-electron chi connectivity index (χ0n) is 16.2. The van der Waals surface area contributed by atoms with Crippen molar-refractivity contribution in [1.82, 2.24) is 14.7 Å². The topological polar surface area (TPSA) is 135 Å². The maximum atomic E-state index is 12.3. The number of aromatic nitrogens is 2. The normalized spacial score (nSPS) is 11.1. The molecule has 2 rings (SSSR count). The lowest BCUT2D eigenvalue weighted by Crippen LogP contribution is -2.25. The van der Waals surface area contributed by atoms with Crippen LogP contribution in [0, 0.1) is 11.3 Å². The van der Waals surface area contributed by atoms with E-state index in [0.717, 1.165) is 0 Å². The van der Waals surface area contributed by atoms with E-state index < -0.39 is 10.0 Å². The highest BCUT2D eigenvalue weighted by Gasteiger charge is 2.13. The smallest absolute Gasteiger partial charge is 0.240 e. The molecule has 0 radical (unpaired) electrons. The minimum atomic E-state index is -3.59. The Morgan fingerprint density at radius 1 is 1.10 bits per heavy atom. The highest BCUT2D eigenvalue weighted by molar-refractivity contribution is 7.89. The number of sulfonamides is 1. The van der Waals surface area contributed by atoms with Crippen LogP contribution in [0.2, 0.25) is 0 Å². The first-order valence-corrected chi connectivity index (χ1v) is 10.2. The SMILES string of the molecule is COCCCNS(=O)(=O)c1ccc(Nc2ncc(C#N)c(OCCOC)n2)cc1. The summed E-state index contributed by atoms with van der Waals surface area (Å²) in [5.74, 6) is 0.353. The number of hydrogen-bond donors (Lipinski definition) is 2. The zero-order valence-corrected chi connectivity index (χ0v) is 17.0. The molecule has 1 heterocycles. The van der Waals surface area contributed by atoms with Crippen LogP contribution in [-0.4, -0.2) is 59.0 Å². The number of nitrogens with one attached hydrogen (secondary N) is 2. The van der Waals surface area contributed by atoms with Gasteiger partial charge in [-0.1, -0.05) is 0 Å². The summed E-state index contributed by atoms with van der Waals surface area (Å²) in [5.41, 5.74) is 0.781. The van der Waals surface area contributed by atoms with Crippen molar-refractivity contribution in [3.05, 3.63) is 36.0 Å². The first kappa shape index (κ1) is 22.5. The van der Waals surface area contributed by atoms with E-state index in [-0.39, 0.29) is 28.9 Å². The van der Waals surface area contributed by atoms with Gasteiger partial charge in [-0.05, 0) is 30.7 Å². The fraction of sp³-hybridized carbons (Fsp3) is 0.389. The third kappa shape index (κ3) is 6.95. The van der Waals surface area contributed by atoms with Gasteiger partial charge in [-0.15, -0.1) is 0 Å². The average molecular weight is 421 g/mol. The first-order valence-electron chi connectivity index (χ1n) is 8.74. The molecule has 0 aliphatic carbocycles. The number of anilines is 2. The van der Waals surface area contributed by atoms with Crippen LogP contribution in [0.25, 0.3) is 0 Å². The van der Waals surface area contributed by atoms with Crippen molar-refractivity contribution in [3.63, 3.8) is 0 Å². The lowest BCUT2D eigenvalue weighted by Gasteiger charge is -2.10. The van der Waals surface area contributed by atoms with Crippen molar-refractivity contribution < 1.29 is 22.6 Å². The fourth-order valence-corrected chi connectivity index (χ4v) is 3.26. The first-order chi connectivity index (χ1) is 14.0. The van der Waals surface area contributed by atoms with E-state index in [1.807, 2.05) is 6.07 Å². The lowest BCUT2D eigenvalue weighted by molar-refractivity contribution is 0.143. The van der Waals surface area contributed by atoms with Crippen molar-refractivity contribution in [3.8, 4) is 11.9 Å². The summed E-state index contributed by atoms with van der Waals surface area (Å²) >= 11 is 0. The molecule has 2 N–H and O–H groups in total. The Balaban J connectivity index is 2.05. The third-order valence-electron chi connectivity index (χ3n) is 3.64. The molecule has 0 spiro atoms. The second-order valence-electron chi connectivity index (χ2n) is 5.76. The van der Waals surface area contributed by atoms with Crippen LogP contribution in [0.4, 0.5) is 11.6 Å². The van der Waals surface area contributed by atoms with Gasteiger partial charge >= 0.3 is 0 Å². The molecule has 0 fully saturated rings. The molecule has 1 aromatic heterocycles. The van der Waals surface area contributed by atoms with Crippen molar-refractivity contribution in [2.75, 3.05) is 45.9 Å². The minimum absolute atomic E-state index is 0.140. The highest BCUT2D eigenvalue weighted by Crippen LogP contribution is 2.20. The zero-order chi connectivity index (χ0) is 21.1. The van der Waals surface area contributed by atoms with Crippen molar-refractivity contribution in [2.24, 2.45) is 0 Å². The molecule has 11 heteroatoms. The number of ether oxygens (including phenoxy) is 3. The molecule has 0 aliphatic heterocycles. The molecule has 1 aromatic carbocycles. The van der Waals surface area contributed by atoms with Crippen molar-refractivity contribution in [1.29, 1.82) is 5.26 Å². The molecule has 0 unspecified atom stereocenters. The molecule has 0 aliphatic rings. The number of rotatable bonds is 12. The predicted molar refractivity (Wildman–Crippen MR) is 106 cm³/mol. The van der Waals surface area contributed by atoms with Crippen LogP contribution in [-0.2, 0) is 19.5 Å². The Bertz CT molecular complexity index is 929. The number of benzene rings is 1. The molecule has 0 saturated carbocycles. The second kappa shape index (κ2) is 11.3. The number of methoxy groups -OCH3 is 2. The van der Waals surface area contributed by atoms with Crippen molar-refractivity contribution in [2.45, 2.75) is 11.3 Å². The van der Waals surface area contributed by atoms with E-state index in [2.05, 4.69) is 20.0 Å². The van der Waals surface area contributed by atoms with E-state index in [4.69, 9.17) is 19.5 Å². The summed E-state index contributed by atoms with van der Waals surface area (Å²) in [4.78, 5) is 8.38. The molecule has 29 heavy (non-hydrogen) atoms. The monoisotopic (exact) mass is 421 g/mol. The number of nitriles is 1. The van der Waals surface area contributed by atoms with Gasteiger partial charge < -0.3 is 19.5 Å². The van der Waals surface area contributed by atoms with E-state index in [1.165, 1.54) is 18.3 Å². The molecule has 0 atom stereocenters. The molecule has 10 nitrogen and oxygen atoms in total. The van der Waals surface area contributed by atoms with Crippen LogP contribution in [0.3, 0.4) is 0 Å². The minimum Gasteiger partial charge on any atom is -0.474 e. The number of nitrogens with zero attached hydrogens (tertiary/aromatic N) is 3. The summed E-state index contributed by atoms with van der Waals surface area (Å²) in [7, 11) is -0.487. The average Bonchev–Trinajstić information content (AvgIpc) is 2.72. The van der Waals surface area contributed by atoms with E-state index in [9.17, 15) is 8.42 Å². The standard InChI is InChI=1S/C18H23N5O5S/c1-26-9-3-8-21-29(24,25)16-6-4-15(5-7-16)22-18-20-13-14(12-19)17(23-18)28-11-10-27-2/h4-7,13,21H,3,8-11H2,1-2H3,(H,20,22,23). The van der Waals surface area contributed by atoms with Gasteiger partial charge in [-0.3, -0.25) is 0 Å². The molecule has 0 amide bonds. The summed E-state index contributed by atoms with van der Waals surface area (Å²) in [6.07, 6.45) is 1.93. The molecule has 2 aromatic rings. The largest absolute Gasteiger partial charge is 0.474 e. The molecular formula is C18H23N5O5S. The summed E-state index contributed by atoms with van der Waals surface area (Å²) in [5, 5.41) is 12.1. The summed E-state index contributed by atoms with van der Waals surface area (Å²) in [6.45, 7) is 1.37. The molecule has 0 bridgehead atoms. The quantitative estimate of drug-likeness (QED) is 0.488. The number of hydrogen-bond acceptors (Lipinski definition) is 9. The van der Waals surface area contributed by atoms with Gasteiger partial charge in [-0.25, -0.2) is 18.1 Å². The predicted octanol–water partition coefficient (Wildman–Crippen LogP) is 1.43. The molecular weight excluding hydrogens is 398 g/mol. The van der Waals surface area contributed by atoms with Gasteiger partial charge in [0.25, 0.3) is 0 Å². The van der Waals surface area contributed by atoms with E-state index >= 15 is 0 Å². The van der Waals surface area contributed by atoms with Crippen LogP contribution < -0.4 is 14.8 Å². The second-order valence-corrected chi connectivity index (χ2v) is 7.53. The summed E-state index contributed by atoms with van der Waals surface area (Å²) < 4.78 is 42.3. The molecule has 156 valence electrons. The van der Waals surface area contributed by atoms with Crippen LogP contribution >= 0.6 is 0 Å². The Morgan fingerprint density at radius 3 is 2.48 bits per heavy atom. The maximum absolute atomic E-state index is 12.3. The maximum Gasteiger partial charge on any atom is 0.240 e. The van der Waals surface area contributed by atoms with Crippen LogP contribution in [0.5, 0.6) is 5.88 Å². The van der Waals surface area contributed by atoms with Gasteiger partial charge in [0, 0.05) is 33.1 Å². The van der Waals surface area contributed by atoms with Gasteiger partial charge in [0.15, 0.2) is 0 Å². The third-order valence-corrected chi connectivity index (χ3v) is 5.12. The van der Waals surface area contributed by atoms with E-state index in [1.54, 1.807) is 26.4 Å². The molecule has 0 saturated heterocycles. The fourth-order valence-electron chi connectivity index (χ4n) is 2.19. The highest BCUT2D eigenvalue weighted by atomic mass is 32.2. The van der Waals surface area contributed by atoms with Crippen molar-refractivity contribution >= 4 is 21.7 Å². The van der Waals surface area contributed by atoms with Gasteiger partial charge in [0.05, 0.1) is 17.7 Å². The van der Waals surface area contributed by atoms with Gasteiger partial charge in [0.1, 0.15) is 18.2 Å². The summed E-state index contributed by atoms with van der Waals surface area (Å²) in [6, 6.07) is 8.10. The van der Waals surface area contributed by atoms with E-state index in [0.29, 0.717) is 31.9 Å².